The molecule has 24 N–H and O–H groups in total. The van der Waals surface area contributed by atoms with E-state index >= 15 is 0 Å². The summed E-state index contributed by atoms with van der Waals surface area (Å²) in [6, 6.07) is 0. The van der Waals surface area contributed by atoms with Gasteiger partial charge in [-0.3, -0.25) is 0 Å². The second-order valence-electron chi connectivity index (χ2n) is 22.5. The smallest absolute Gasteiger partial charge is 0.187 e. The first-order valence-corrected chi connectivity index (χ1v) is 28.1. The standard InChI is InChI=1S/C48H80O40/c49-1-9-33-17(57)25(65)41(73-9)82-34-10(2-50)75-43(27(67)19(34)59)84-36-12(4-52)77-45(29(69)21(36)61)86-38-14(6-54)79-47(31(71)23(38)63)88-40-16(8-56)80-48(32(72)24(40)64)87-39-15(7-55)78-46(30(70)22(39)62)85-37-13(5-53)76-44(28(68)20(37)60)83-35-11(3-51)74-42(81-33)26(66)18(35)58/h9-72H,1-8H2/t9-,10-,11-,12-,13-,14-,15-,16-,17-,18-,19-,20-,21+,22+,23+,24-,25-,26-,27-,28-,29+,30+,31+,32+,33-,34-,35-,36-,37-,38-,39-,40-,41-,42-,43-,44-,45-,46-,47-,48-/m1/s1. The van der Waals surface area contributed by atoms with E-state index in [-0.39, 0.29) is 0 Å². The van der Waals surface area contributed by atoms with Crippen molar-refractivity contribution in [2.75, 3.05) is 52.9 Å². The largest absolute Gasteiger partial charge is 0.394 e. The third-order valence-electron chi connectivity index (χ3n) is 16.9. The van der Waals surface area contributed by atoms with Gasteiger partial charge in [0.15, 0.2) is 50.3 Å². The van der Waals surface area contributed by atoms with Gasteiger partial charge in [0.25, 0.3) is 0 Å². The van der Waals surface area contributed by atoms with Crippen molar-refractivity contribution in [1.29, 1.82) is 0 Å². The molecule has 512 valence electrons. The molecular weight excluding hydrogens is 1220 g/mol. The Bertz CT molecular complexity index is 1700. The molecule has 40 heteroatoms. The SMILES string of the molecule is OC[C@H]1O[C@@H]2O[C@H]3[C@@H](O)[C@H](O)[C@@H](O[C@H]4[C@H](O)[C@@H](O)[C@@H](O[C@H]5[C@H](O)[C@@H](O)[C@@H](O[C@H]6[C@H](O)[C@@H](O)[C@@H](O[C@H]7[C@H](O)[C@@H](O)[C@@H](O[C@H]8[C@@H](O)[C@H](O)[C@@H](O[C@H]9[C@@H](O)[C@H](O)[C@@H](O[C@H]1[C@H](O)[C@@H]2O)O[C@@H]9CO)O[C@@H]8CO)O[C@@H]7CO)O[C@@H]6CO)O[C@@H]5CO)O[C@@H]4CO)O[C@@H]3CO. The minimum atomic E-state index is -2.25. The Morgan fingerprint density at radius 1 is 0.136 bits per heavy atom. The van der Waals surface area contributed by atoms with Gasteiger partial charge in [-0.1, -0.05) is 0 Å². The summed E-state index contributed by atoms with van der Waals surface area (Å²) in [7, 11) is 0. The van der Waals surface area contributed by atoms with Gasteiger partial charge in [0.05, 0.1) is 52.9 Å². The minimum Gasteiger partial charge on any atom is -0.394 e. The van der Waals surface area contributed by atoms with Crippen LogP contribution >= 0.6 is 0 Å². The summed E-state index contributed by atoms with van der Waals surface area (Å²) >= 11 is 0. The molecule has 0 aromatic rings. The molecule has 88 heavy (non-hydrogen) atoms. The quantitative estimate of drug-likeness (QED) is 0.107. The van der Waals surface area contributed by atoms with Crippen molar-refractivity contribution >= 4 is 0 Å². The Hall–Kier alpha value is -1.60. The average Bonchev–Trinajstić information content (AvgIpc) is 1.09. The summed E-state index contributed by atoms with van der Waals surface area (Å²) < 4.78 is 91.1. The fraction of sp³-hybridized carbons (Fsp3) is 1.00. The molecule has 0 unspecified atom stereocenters. The van der Waals surface area contributed by atoms with Crippen LogP contribution in [0.5, 0.6) is 0 Å². The first-order chi connectivity index (χ1) is 41.9. The minimum absolute atomic E-state index is 1.08. The van der Waals surface area contributed by atoms with Crippen LogP contribution in [-0.2, 0) is 75.8 Å². The van der Waals surface area contributed by atoms with E-state index < -0.39 is 299 Å². The highest BCUT2D eigenvalue weighted by atomic mass is 16.8. The number of hydrogen-bond donors (Lipinski definition) is 24. The molecule has 30 saturated heterocycles. The second kappa shape index (κ2) is 30.0. The zero-order chi connectivity index (χ0) is 64.1. The third-order valence-corrected chi connectivity index (χ3v) is 16.9. The summed E-state index contributed by atoms with van der Waals surface area (Å²) in [4.78, 5) is 0. The van der Waals surface area contributed by atoms with Crippen LogP contribution in [0.2, 0.25) is 0 Å². The number of hydrogen-bond acceptors (Lipinski definition) is 40. The highest BCUT2D eigenvalue weighted by Gasteiger charge is 2.60. The lowest BCUT2D eigenvalue weighted by Gasteiger charge is -2.50. The van der Waals surface area contributed by atoms with Crippen molar-refractivity contribution in [2.45, 2.75) is 246 Å². The van der Waals surface area contributed by atoms with Crippen LogP contribution in [0.4, 0.5) is 0 Å². The molecule has 40 atom stereocenters. The maximum Gasteiger partial charge on any atom is 0.187 e. The zero-order valence-electron chi connectivity index (χ0n) is 46.0. The lowest BCUT2D eigenvalue weighted by atomic mass is 9.94. The van der Waals surface area contributed by atoms with Crippen molar-refractivity contribution in [3.05, 3.63) is 0 Å². The van der Waals surface area contributed by atoms with Crippen LogP contribution in [0.1, 0.15) is 0 Å². The van der Waals surface area contributed by atoms with Gasteiger partial charge < -0.3 is 198 Å². The van der Waals surface area contributed by atoms with Crippen molar-refractivity contribution in [1.82, 2.24) is 0 Å². The van der Waals surface area contributed by atoms with Gasteiger partial charge in [-0.25, -0.2) is 0 Å². The van der Waals surface area contributed by atoms with Crippen LogP contribution < -0.4 is 0 Å². The van der Waals surface area contributed by atoms with E-state index in [1.165, 1.54) is 0 Å². The average molecular weight is 1300 g/mol. The fourth-order valence-corrected chi connectivity index (χ4v) is 11.9. The Morgan fingerprint density at radius 2 is 0.227 bits per heavy atom. The first-order valence-electron chi connectivity index (χ1n) is 28.1. The molecule has 30 aliphatic heterocycles. The van der Waals surface area contributed by atoms with Gasteiger partial charge in [-0.2, -0.15) is 0 Å². The van der Waals surface area contributed by atoms with E-state index in [0.29, 0.717) is 0 Å². The molecule has 0 radical (unpaired) electrons. The molecule has 0 aromatic heterocycles. The molecule has 30 aliphatic rings. The van der Waals surface area contributed by atoms with E-state index in [9.17, 15) is 123 Å². The van der Waals surface area contributed by atoms with Gasteiger partial charge in [0.1, 0.15) is 195 Å². The van der Waals surface area contributed by atoms with E-state index in [4.69, 9.17) is 75.8 Å². The van der Waals surface area contributed by atoms with E-state index in [0.717, 1.165) is 0 Å². The fourth-order valence-electron chi connectivity index (χ4n) is 11.9. The van der Waals surface area contributed by atoms with Gasteiger partial charge >= 0.3 is 0 Å². The zero-order valence-corrected chi connectivity index (χ0v) is 46.0. The van der Waals surface area contributed by atoms with Crippen molar-refractivity contribution in [3.8, 4) is 0 Å². The molecule has 0 amide bonds. The number of aliphatic hydroxyl groups is 24. The Labute approximate surface area is 496 Å². The van der Waals surface area contributed by atoms with Crippen molar-refractivity contribution in [3.63, 3.8) is 0 Å². The van der Waals surface area contributed by atoms with Crippen LogP contribution in [0.3, 0.4) is 0 Å². The molecule has 30 fully saturated rings. The van der Waals surface area contributed by atoms with Gasteiger partial charge in [0.2, 0.25) is 0 Å². The Morgan fingerprint density at radius 3 is 0.307 bits per heavy atom. The lowest BCUT2D eigenvalue weighted by molar-refractivity contribution is -0.404. The van der Waals surface area contributed by atoms with Crippen LogP contribution in [0.25, 0.3) is 0 Å². The first kappa shape index (κ1) is 70.7. The molecule has 0 aliphatic carbocycles. The summed E-state index contributed by atoms with van der Waals surface area (Å²) in [6.45, 7) is -8.64. The molecule has 30 heterocycles. The summed E-state index contributed by atoms with van der Waals surface area (Å²) in [5, 5.41) is 265. The molecular formula is C48H80O40. The van der Waals surface area contributed by atoms with Crippen molar-refractivity contribution < 1.29 is 198 Å². The van der Waals surface area contributed by atoms with Crippen LogP contribution in [0, 0.1) is 0 Å². The Balaban J connectivity index is 0.975. The van der Waals surface area contributed by atoms with Gasteiger partial charge in [-0.15, -0.1) is 0 Å². The molecule has 0 saturated carbocycles. The normalized spacial score (nSPS) is 55.4. The van der Waals surface area contributed by atoms with Crippen LogP contribution in [-0.4, -0.2) is 421 Å². The van der Waals surface area contributed by atoms with Gasteiger partial charge in [0, 0.05) is 0 Å². The number of ether oxygens (including phenoxy) is 16. The van der Waals surface area contributed by atoms with E-state index in [1.54, 1.807) is 0 Å². The molecule has 0 aromatic carbocycles. The topological polar surface area (TPSA) is 633 Å². The monoisotopic (exact) mass is 1300 g/mol. The lowest BCUT2D eigenvalue weighted by Crippen LogP contribution is -2.69. The van der Waals surface area contributed by atoms with E-state index in [1.807, 2.05) is 0 Å². The van der Waals surface area contributed by atoms with Crippen LogP contribution in [0.15, 0.2) is 0 Å². The highest BCUT2D eigenvalue weighted by Crippen LogP contribution is 2.40. The predicted molar refractivity (Wildman–Crippen MR) is 261 cm³/mol. The molecule has 0 spiro atoms. The van der Waals surface area contributed by atoms with Crippen molar-refractivity contribution in [2.24, 2.45) is 0 Å². The van der Waals surface area contributed by atoms with E-state index in [2.05, 4.69) is 0 Å². The molecule has 40 nitrogen and oxygen atoms in total. The number of rotatable bonds is 8. The maximum absolute atomic E-state index is 11.4. The second-order valence-corrected chi connectivity index (χ2v) is 22.5. The summed E-state index contributed by atoms with van der Waals surface area (Å²) in [5.41, 5.74) is 0. The summed E-state index contributed by atoms with van der Waals surface area (Å²) in [6.07, 6.45) is -82.0. The maximum atomic E-state index is 11.4. The highest BCUT2D eigenvalue weighted by molar-refractivity contribution is 5.02. The number of aliphatic hydroxyl groups excluding tert-OH is 24. The summed E-state index contributed by atoms with van der Waals surface area (Å²) in [5.74, 6) is 0. The van der Waals surface area contributed by atoms with Gasteiger partial charge in [-0.05, 0) is 0 Å². The third kappa shape index (κ3) is 13.8. The molecule has 16 bridgehead atoms. The Kier molecular flexibility index (Phi) is 24.1. The molecule has 30 rings (SSSR count). The predicted octanol–water partition coefficient (Wildman–Crippen LogP) is -17.4.